The minimum Gasteiger partial charge on any atom is -0.431 e. The molecule has 1 aromatic carbocycles. The Morgan fingerprint density at radius 2 is 2.00 bits per heavy atom. The topological polar surface area (TPSA) is 116 Å². The monoisotopic (exact) mass is 289 g/mol. The van der Waals surface area contributed by atoms with Gasteiger partial charge in [0.25, 0.3) is 0 Å². The quantitative estimate of drug-likeness (QED) is 0.504. The lowest BCUT2D eigenvalue weighted by Crippen LogP contribution is -2.12. The second-order valence-electron chi connectivity index (χ2n) is 4.52. The van der Waals surface area contributed by atoms with Gasteiger partial charge in [0.1, 0.15) is 11.6 Å². The summed E-state index contributed by atoms with van der Waals surface area (Å²) in [5.74, 6) is 6.59. The Kier molecular flexibility index (Phi) is 3.99. The Labute approximate surface area is 121 Å². The van der Waals surface area contributed by atoms with Crippen LogP contribution in [0.2, 0.25) is 0 Å². The maximum absolute atomic E-state index is 11.1. The van der Waals surface area contributed by atoms with Crippen molar-refractivity contribution >= 4 is 11.5 Å². The number of anilines is 1. The summed E-state index contributed by atoms with van der Waals surface area (Å²) in [5, 5.41) is 11.1. The Morgan fingerprint density at radius 3 is 2.62 bits per heavy atom. The minimum atomic E-state index is -0.500. The first-order chi connectivity index (χ1) is 9.92. The molecule has 3 N–H and O–H groups in total. The van der Waals surface area contributed by atoms with Gasteiger partial charge in [-0.15, -0.1) is 0 Å². The lowest BCUT2D eigenvalue weighted by atomic mass is 10.2. The van der Waals surface area contributed by atoms with E-state index in [1.807, 2.05) is 6.92 Å². The number of benzene rings is 1. The third-order valence-electron chi connectivity index (χ3n) is 2.87. The van der Waals surface area contributed by atoms with Crippen LogP contribution in [-0.4, -0.2) is 14.9 Å². The van der Waals surface area contributed by atoms with Crippen LogP contribution in [0.3, 0.4) is 0 Å². The predicted octanol–water partition coefficient (Wildman–Crippen LogP) is 2.39. The predicted molar refractivity (Wildman–Crippen MR) is 77.2 cm³/mol. The zero-order chi connectivity index (χ0) is 15.6. The molecule has 0 fully saturated rings. The molecular weight excluding hydrogens is 274 g/mol. The number of nitro benzene ring substituents is 1. The molecule has 0 amide bonds. The lowest BCUT2D eigenvalue weighted by Gasteiger charge is -2.12. The van der Waals surface area contributed by atoms with Crippen molar-refractivity contribution in [3.05, 3.63) is 45.3 Å². The molecule has 0 aliphatic rings. The van der Waals surface area contributed by atoms with Gasteiger partial charge in [0.2, 0.25) is 11.6 Å². The second-order valence-corrected chi connectivity index (χ2v) is 4.52. The van der Waals surface area contributed by atoms with E-state index in [0.29, 0.717) is 17.2 Å². The molecule has 0 aliphatic carbocycles. The summed E-state index contributed by atoms with van der Waals surface area (Å²) in [6.07, 6.45) is 0. The van der Waals surface area contributed by atoms with Gasteiger partial charge < -0.3 is 10.2 Å². The average molecular weight is 289 g/mol. The van der Waals surface area contributed by atoms with Crippen molar-refractivity contribution in [3.8, 4) is 11.6 Å². The molecule has 0 bridgehead atoms. The van der Waals surface area contributed by atoms with Crippen LogP contribution in [-0.2, 0) is 0 Å². The van der Waals surface area contributed by atoms with Gasteiger partial charge in [-0.05, 0) is 32.4 Å². The first-order valence-electron chi connectivity index (χ1n) is 6.17. The fourth-order valence-electron chi connectivity index (χ4n) is 1.80. The second kappa shape index (κ2) is 5.71. The van der Waals surface area contributed by atoms with Crippen LogP contribution in [0, 0.1) is 30.9 Å². The summed E-state index contributed by atoms with van der Waals surface area (Å²) < 4.78 is 5.62. The summed E-state index contributed by atoms with van der Waals surface area (Å²) in [5.41, 5.74) is 3.73. The molecule has 1 aromatic heterocycles. The van der Waals surface area contributed by atoms with Gasteiger partial charge in [-0.25, -0.2) is 10.8 Å². The van der Waals surface area contributed by atoms with Crippen molar-refractivity contribution in [2.75, 3.05) is 5.43 Å². The number of hydrogen-bond acceptors (Lipinski definition) is 7. The van der Waals surface area contributed by atoms with Crippen molar-refractivity contribution < 1.29 is 9.66 Å². The van der Waals surface area contributed by atoms with E-state index in [0.717, 1.165) is 5.56 Å². The summed E-state index contributed by atoms with van der Waals surface area (Å²) in [7, 11) is 0. The highest BCUT2D eigenvalue weighted by Crippen LogP contribution is 2.33. The molecule has 8 heteroatoms. The SMILES string of the molecule is Cc1ccc([N+](=O)[O-])c(Oc2nc(C)nc(NN)c2C)c1. The number of nitrogens with zero attached hydrogens (tertiary/aromatic N) is 3. The fourth-order valence-corrected chi connectivity index (χ4v) is 1.80. The van der Waals surface area contributed by atoms with Gasteiger partial charge in [0, 0.05) is 6.07 Å². The molecule has 1 heterocycles. The van der Waals surface area contributed by atoms with Crippen LogP contribution >= 0.6 is 0 Å². The zero-order valence-electron chi connectivity index (χ0n) is 11.9. The fraction of sp³-hybridized carbons (Fsp3) is 0.231. The Hall–Kier alpha value is -2.74. The highest BCUT2D eigenvalue weighted by Gasteiger charge is 2.18. The van der Waals surface area contributed by atoms with E-state index < -0.39 is 4.92 Å². The van der Waals surface area contributed by atoms with Gasteiger partial charge in [-0.2, -0.15) is 4.98 Å². The minimum absolute atomic E-state index is 0.126. The number of hydrogen-bond donors (Lipinski definition) is 2. The molecule has 0 saturated heterocycles. The van der Waals surface area contributed by atoms with Crippen LogP contribution in [0.5, 0.6) is 11.6 Å². The van der Waals surface area contributed by atoms with Gasteiger partial charge in [-0.1, -0.05) is 6.07 Å². The van der Waals surface area contributed by atoms with Crippen LogP contribution in [0.1, 0.15) is 17.0 Å². The summed E-state index contributed by atoms with van der Waals surface area (Å²) in [6.45, 7) is 5.21. The molecule has 2 rings (SSSR count). The Bertz CT molecular complexity index is 702. The van der Waals surface area contributed by atoms with E-state index in [-0.39, 0.29) is 17.3 Å². The van der Waals surface area contributed by atoms with Crippen LogP contribution in [0.25, 0.3) is 0 Å². The van der Waals surface area contributed by atoms with Crippen molar-refractivity contribution in [1.29, 1.82) is 0 Å². The normalized spacial score (nSPS) is 10.3. The van der Waals surface area contributed by atoms with E-state index in [1.165, 1.54) is 6.07 Å². The van der Waals surface area contributed by atoms with Gasteiger partial charge in [0.15, 0.2) is 0 Å². The summed E-state index contributed by atoms with van der Waals surface area (Å²) >= 11 is 0. The number of rotatable bonds is 4. The number of nitrogen functional groups attached to an aromatic ring is 1. The Morgan fingerprint density at radius 1 is 1.29 bits per heavy atom. The van der Waals surface area contributed by atoms with Crippen LogP contribution in [0.4, 0.5) is 11.5 Å². The molecule has 0 unspecified atom stereocenters. The highest BCUT2D eigenvalue weighted by molar-refractivity contribution is 5.53. The van der Waals surface area contributed by atoms with Crippen molar-refractivity contribution in [3.63, 3.8) is 0 Å². The molecule has 0 saturated carbocycles. The van der Waals surface area contributed by atoms with E-state index in [4.69, 9.17) is 10.6 Å². The molecule has 110 valence electrons. The third-order valence-corrected chi connectivity index (χ3v) is 2.87. The van der Waals surface area contributed by atoms with Crippen molar-refractivity contribution in [2.24, 2.45) is 5.84 Å². The van der Waals surface area contributed by atoms with Gasteiger partial charge in [0.05, 0.1) is 10.5 Å². The average Bonchev–Trinajstić information content (AvgIpc) is 2.42. The maximum atomic E-state index is 11.1. The number of nitro groups is 1. The van der Waals surface area contributed by atoms with E-state index in [9.17, 15) is 10.1 Å². The number of nitrogens with one attached hydrogen (secondary N) is 1. The largest absolute Gasteiger partial charge is 0.431 e. The van der Waals surface area contributed by atoms with Crippen LogP contribution < -0.4 is 16.0 Å². The molecule has 0 atom stereocenters. The molecule has 0 spiro atoms. The van der Waals surface area contributed by atoms with E-state index in [1.54, 1.807) is 26.0 Å². The van der Waals surface area contributed by atoms with Gasteiger partial charge >= 0.3 is 5.69 Å². The summed E-state index contributed by atoms with van der Waals surface area (Å²) in [4.78, 5) is 18.8. The lowest BCUT2D eigenvalue weighted by molar-refractivity contribution is -0.385. The molecule has 8 nitrogen and oxygen atoms in total. The number of nitrogens with two attached hydrogens (primary N) is 1. The molecular formula is C13H15N5O3. The Balaban J connectivity index is 2.50. The first-order valence-corrected chi connectivity index (χ1v) is 6.17. The highest BCUT2D eigenvalue weighted by atomic mass is 16.6. The number of aryl methyl sites for hydroxylation is 2. The van der Waals surface area contributed by atoms with Crippen molar-refractivity contribution in [2.45, 2.75) is 20.8 Å². The summed E-state index contributed by atoms with van der Waals surface area (Å²) in [6, 6.07) is 4.64. The van der Waals surface area contributed by atoms with E-state index in [2.05, 4.69) is 15.4 Å². The number of aromatic nitrogens is 2. The molecule has 0 radical (unpaired) electrons. The van der Waals surface area contributed by atoms with E-state index >= 15 is 0 Å². The number of ether oxygens (including phenoxy) is 1. The van der Waals surface area contributed by atoms with Gasteiger partial charge in [-0.3, -0.25) is 10.1 Å². The smallest absolute Gasteiger partial charge is 0.311 e. The van der Waals surface area contributed by atoms with Crippen LogP contribution in [0.15, 0.2) is 18.2 Å². The molecule has 2 aromatic rings. The van der Waals surface area contributed by atoms with Crippen molar-refractivity contribution in [1.82, 2.24) is 9.97 Å². The molecule has 0 aliphatic heterocycles. The molecule has 21 heavy (non-hydrogen) atoms. The first kappa shape index (κ1) is 14.7. The standard InChI is InChI=1S/C13H15N5O3/c1-7-4-5-10(18(19)20)11(6-7)21-13-8(2)12(17-14)15-9(3)16-13/h4-6H,14H2,1-3H3,(H,15,16,17). The maximum Gasteiger partial charge on any atom is 0.311 e. The zero-order valence-corrected chi connectivity index (χ0v) is 11.9. The number of hydrazine groups is 1. The third kappa shape index (κ3) is 3.06.